The van der Waals surface area contributed by atoms with Crippen molar-refractivity contribution in [1.82, 2.24) is 4.98 Å². The molecule has 1 saturated heterocycles. The van der Waals surface area contributed by atoms with Crippen LogP contribution in [0.2, 0.25) is 0 Å². The van der Waals surface area contributed by atoms with Crippen LogP contribution in [0.4, 0.5) is 19.0 Å². The lowest BCUT2D eigenvalue weighted by Gasteiger charge is -2.23. The normalized spacial score (nSPS) is 21.9. The molecule has 4 nitrogen and oxygen atoms in total. The lowest BCUT2D eigenvalue weighted by molar-refractivity contribution is -0.141. The monoisotopic (exact) mass is 322 g/mol. The summed E-state index contributed by atoms with van der Waals surface area (Å²) in [5.74, 6) is 0.0792. The highest BCUT2D eigenvalue weighted by molar-refractivity contribution is 7.92. The van der Waals surface area contributed by atoms with E-state index in [9.17, 15) is 21.6 Å². The van der Waals surface area contributed by atoms with Crippen LogP contribution in [0.25, 0.3) is 0 Å². The molecule has 1 aromatic rings. The standard InChI is InChI=1S/C13H17F3N2O2S/c1-12(2)6-7-18(8-9-21(12,19)20)11-5-3-4-10(17-11)13(14,15)16/h3-5H,6-9H2,1-2H3. The Morgan fingerprint density at radius 3 is 2.52 bits per heavy atom. The summed E-state index contributed by atoms with van der Waals surface area (Å²) >= 11 is 0. The minimum Gasteiger partial charge on any atom is -0.356 e. The van der Waals surface area contributed by atoms with Crippen LogP contribution in [0.1, 0.15) is 26.0 Å². The van der Waals surface area contributed by atoms with Gasteiger partial charge in [0.05, 0.1) is 10.5 Å². The van der Waals surface area contributed by atoms with Crippen LogP contribution in [-0.4, -0.2) is 37.0 Å². The number of halogens is 3. The summed E-state index contributed by atoms with van der Waals surface area (Å²) in [5, 5.41) is 0. The number of pyridine rings is 1. The van der Waals surface area contributed by atoms with E-state index in [1.165, 1.54) is 12.1 Å². The molecule has 2 rings (SSSR count). The van der Waals surface area contributed by atoms with E-state index in [2.05, 4.69) is 4.98 Å². The number of hydrogen-bond donors (Lipinski definition) is 0. The van der Waals surface area contributed by atoms with Gasteiger partial charge in [-0.05, 0) is 32.4 Å². The Bertz CT molecular complexity index is 627. The molecular formula is C13H17F3N2O2S. The van der Waals surface area contributed by atoms with Gasteiger partial charge in [-0.3, -0.25) is 0 Å². The lowest BCUT2D eigenvalue weighted by atomic mass is 10.1. The minimum atomic E-state index is -4.51. The zero-order valence-electron chi connectivity index (χ0n) is 11.8. The van der Waals surface area contributed by atoms with Gasteiger partial charge >= 0.3 is 6.18 Å². The van der Waals surface area contributed by atoms with Gasteiger partial charge < -0.3 is 4.90 Å². The van der Waals surface area contributed by atoms with Crippen LogP contribution in [0.3, 0.4) is 0 Å². The van der Waals surface area contributed by atoms with Gasteiger partial charge in [0.15, 0.2) is 9.84 Å². The summed E-state index contributed by atoms with van der Waals surface area (Å²) in [4.78, 5) is 5.21. The molecule has 118 valence electrons. The van der Waals surface area contributed by atoms with E-state index in [0.29, 0.717) is 13.0 Å². The van der Waals surface area contributed by atoms with Crippen LogP contribution in [-0.2, 0) is 16.0 Å². The topological polar surface area (TPSA) is 50.3 Å². The van der Waals surface area contributed by atoms with E-state index in [4.69, 9.17) is 0 Å². The van der Waals surface area contributed by atoms with Crippen molar-refractivity contribution in [1.29, 1.82) is 0 Å². The maximum atomic E-state index is 12.7. The van der Waals surface area contributed by atoms with Crippen LogP contribution in [0, 0.1) is 0 Å². The largest absolute Gasteiger partial charge is 0.433 e. The van der Waals surface area contributed by atoms with Crippen molar-refractivity contribution >= 4 is 15.7 Å². The Hall–Kier alpha value is -1.31. The number of sulfone groups is 1. The van der Waals surface area contributed by atoms with Gasteiger partial charge in [0, 0.05) is 13.1 Å². The first kappa shape index (κ1) is 16.1. The van der Waals surface area contributed by atoms with Gasteiger partial charge in [-0.2, -0.15) is 13.2 Å². The maximum absolute atomic E-state index is 12.7. The number of rotatable bonds is 1. The Labute approximate surface area is 121 Å². The molecule has 0 spiro atoms. The molecule has 1 fully saturated rings. The molecule has 0 bridgehead atoms. The van der Waals surface area contributed by atoms with E-state index in [1.807, 2.05) is 0 Å². The zero-order chi connectivity index (χ0) is 15.9. The highest BCUT2D eigenvalue weighted by atomic mass is 32.2. The molecule has 2 heterocycles. The second kappa shape index (κ2) is 5.15. The molecule has 1 aliphatic heterocycles. The molecule has 0 saturated carbocycles. The number of aromatic nitrogens is 1. The fraction of sp³-hybridized carbons (Fsp3) is 0.615. The second-order valence-corrected chi connectivity index (χ2v) is 8.44. The molecule has 0 aliphatic carbocycles. The fourth-order valence-corrected chi connectivity index (χ4v) is 3.58. The van der Waals surface area contributed by atoms with Crippen LogP contribution in [0.15, 0.2) is 18.2 Å². The van der Waals surface area contributed by atoms with Gasteiger partial charge in [0.25, 0.3) is 0 Å². The van der Waals surface area contributed by atoms with E-state index in [1.54, 1.807) is 18.7 Å². The third-order valence-corrected chi connectivity index (χ3v) is 6.41. The Kier molecular flexibility index (Phi) is 3.94. The van der Waals surface area contributed by atoms with Gasteiger partial charge in [-0.1, -0.05) is 6.07 Å². The van der Waals surface area contributed by atoms with Crippen molar-refractivity contribution in [2.75, 3.05) is 23.7 Å². The number of anilines is 1. The van der Waals surface area contributed by atoms with Crippen LogP contribution < -0.4 is 4.90 Å². The molecule has 0 unspecified atom stereocenters. The predicted molar refractivity (Wildman–Crippen MR) is 73.9 cm³/mol. The molecule has 8 heteroatoms. The van der Waals surface area contributed by atoms with Crippen molar-refractivity contribution in [3.05, 3.63) is 23.9 Å². The van der Waals surface area contributed by atoms with Gasteiger partial charge in [-0.15, -0.1) is 0 Å². The molecule has 1 aromatic heterocycles. The van der Waals surface area contributed by atoms with E-state index in [0.717, 1.165) is 6.07 Å². The molecule has 0 radical (unpaired) electrons. The Balaban J connectivity index is 2.28. The summed E-state index contributed by atoms with van der Waals surface area (Å²) in [6.45, 7) is 3.80. The van der Waals surface area contributed by atoms with Crippen molar-refractivity contribution in [2.45, 2.75) is 31.2 Å². The fourth-order valence-electron chi connectivity index (χ4n) is 2.16. The van der Waals surface area contributed by atoms with Crippen molar-refractivity contribution < 1.29 is 21.6 Å². The molecule has 21 heavy (non-hydrogen) atoms. The molecule has 0 N–H and O–H groups in total. The third kappa shape index (κ3) is 3.30. The number of alkyl halides is 3. The highest BCUT2D eigenvalue weighted by Gasteiger charge is 2.38. The molecular weight excluding hydrogens is 305 g/mol. The lowest BCUT2D eigenvalue weighted by Crippen LogP contribution is -2.33. The summed E-state index contributed by atoms with van der Waals surface area (Å²) in [5.41, 5.74) is -0.966. The highest BCUT2D eigenvalue weighted by Crippen LogP contribution is 2.30. The van der Waals surface area contributed by atoms with Gasteiger partial charge in [-0.25, -0.2) is 13.4 Å². The maximum Gasteiger partial charge on any atom is 0.433 e. The Morgan fingerprint density at radius 1 is 1.24 bits per heavy atom. The van der Waals surface area contributed by atoms with Crippen molar-refractivity contribution in [3.8, 4) is 0 Å². The van der Waals surface area contributed by atoms with E-state index >= 15 is 0 Å². The minimum absolute atomic E-state index is 0.0854. The quantitative estimate of drug-likeness (QED) is 0.797. The van der Waals surface area contributed by atoms with Gasteiger partial charge in [0.1, 0.15) is 11.5 Å². The first-order chi connectivity index (χ1) is 9.53. The van der Waals surface area contributed by atoms with E-state index in [-0.39, 0.29) is 18.1 Å². The van der Waals surface area contributed by atoms with Crippen LogP contribution in [0.5, 0.6) is 0 Å². The smallest absolute Gasteiger partial charge is 0.356 e. The zero-order valence-corrected chi connectivity index (χ0v) is 12.6. The van der Waals surface area contributed by atoms with Crippen molar-refractivity contribution in [2.24, 2.45) is 0 Å². The first-order valence-corrected chi connectivity index (χ1v) is 8.20. The average Bonchev–Trinajstić information content (AvgIpc) is 2.47. The second-order valence-electron chi connectivity index (χ2n) is 5.69. The molecule has 0 amide bonds. The first-order valence-electron chi connectivity index (χ1n) is 6.54. The summed E-state index contributed by atoms with van der Waals surface area (Å²) in [6, 6.07) is 3.66. The SMILES string of the molecule is CC1(C)CCN(c2cccc(C(F)(F)F)n2)CCS1(=O)=O. The summed E-state index contributed by atoms with van der Waals surface area (Å²) < 4.78 is 61.4. The molecule has 0 aromatic carbocycles. The summed E-state index contributed by atoms with van der Waals surface area (Å²) in [7, 11) is -3.27. The van der Waals surface area contributed by atoms with Gasteiger partial charge in [0.2, 0.25) is 0 Å². The summed E-state index contributed by atoms with van der Waals surface area (Å²) in [6.07, 6.45) is -4.15. The average molecular weight is 322 g/mol. The molecule has 1 aliphatic rings. The number of hydrogen-bond acceptors (Lipinski definition) is 4. The Morgan fingerprint density at radius 2 is 1.90 bits per heavy atom. The number of nitrogens with zero attached hydrogens (tertiary/aromatic N) is 2. The third-order valence-electron chi connectivity index (χ3n) is 3.80. The molecule has 0 atom stereocenters. The predicted octanol–water partition coefficient (Wildman–Crippen LogP) is 2.50. The van der Waals surface area contributed by atoms with Crippen LogP contribution >= 0.6 is 0 Å². The van der Waals surface area contributed by atoms with Crippen molar-refractivity contribution in [3.63, 3.8) is 0 Å². The van der Waals surface area contributed by atoms with E-state index < -0.39 is 26.5 Å².